The number of ether oxygens (including phenoxy) is 1. The molecular weight excluding hydrogens is 304 g/mol. The van der Waals surface area contributed by atoms with Gasteiger partial charge in [0.15, 0.2) is 9.84 Å². The topological polar surface area (TPSA) is 75.7 Å². The molecule has 2 rings (SSSR count). The average Bonchev–Trinajstić information content (AvgIpc) is 2.44. The maximum atomic E-state index is 12.2. The molecule has 1 aromatic carbocycles. The quantitative estimate of drug-likeness (QED) is 0.796. The number of carbonyl (C=O) groups excluding carboxylic acids is 1. The number of hydrogen-bond acceptors (Lipinski definition) is 5. The van der Waals surface area contributed by atoms with Gasteiger partial charge >= 0.3 is 0 Å². The van der Waals surface area contributed by atoms with E-state index in [0.717, 1.165) is 0 Å². The van der Waals surface area contributed by atoms with Crippen molar-refractivity contribution in [2.45, 2.75) is 11.0 Å². The Kier molecular flexibility index (Phi) is 5.20. The summed E-state index contributed by atoms with van der Waals surface area (Å²) in [6.45, 7) is 0.813. The number of benzene rings is 1. The van der Waals surface area contributed by atoms with Crippen molar-refractivity contribution < 1.29 is 17.9 Å². The second-order valence-electron chi connectivity index (χ2n) is 5.38. The van der Waals surface area contributed by atoms with E-state index in [9.17, 15) is 13.2 Å². The third-order valence-corrected chi connectivity index (χ3v) is 4.94. The van der Waals surface area contributed by atoms with Crippen molar-refractivity contribution in [2.75, 3.05) is 32.9 Å². The molecule has 0 saturated carbocycles. The number of para-hydroxylation sites is 1. The lowest BCUT2D eigenvalue weighted by atomic mass is 10.3. The molecule has 1 aliphatic heterocycles. The summed E-state index contributed by atoms with van der Waals surface area (Å²) in [7, 11) is 0.438. The summed E-state index contributed by atoms with van der Waals surface area (Å²) in [6.07, 6.45) is 2.60. The summed E-state index contributed by atoms with van der Waals surface area (Å²) in [6, 6.07) is 6.54. The lowest BCUT2D eigenvalue weighted by molar-refractivity contribution is -0.116. The fourth-order valence-corrected chi connectivity index (χ4v) is 3.66. The number of hydrogen-bond donors (Lipinski definition) is 1. The molecule has 1 aromatic rings. The fraction of sp³-hybridized carbons (Fsp3) is 0.400. The van der Waals surface area contributed by atoms with E-state index in [1.165, 1.54) is 12.1 Å². The van der Waals surface area contributed by atoms with Crippen LogP contribution in [0.4, 0.5) is 0 Å². The van der Waals surface area contributed by atoms with Gasteiger partial charge in [-0.3, -0.25) is 4.79 Å². The summed E-state index contributed by atoms with van der Waals surface area (Å²) in [5.41, 5.74) is 0. The molecule has 0 spiro atoms. The average molecular weight is 324 g/mol. The van der Waals surface area contributed by atoms with Crippen molar-refractivity contribution in [1.29, 1.82) is 0 Å². The van der Waals surface area contributed by atoms with Crippen molar-refractivity contribution in [2.24, 2.45) is 0 Å². The first-order valence-corrected chi connectivity index (χ1v) is 8.61. The van der Waals surface area contributed by atoms with Crippen molar-refractivity contribution >= 4 is 15.7 Å². The Labute approximate surface area is 130 Å². The van der Waals surface area contributed by atoms with Crippen LogP contribution < -0.4 is 10.1 Å². The zero-order chi connectivity index (χ0) is 16.2. The fourth-order valence-electron chi connectivity index (χ4n) is 2.10. The lowest BCUT2D eigenvalue weighted by Gasteiger charge is -2.25. The minimum Gasteiger partial charge on any atom is -0.486 e. The van der Waals surface area contributed by atoms with Crippen molar-refractivity contribution in [3.05, 3.63) is 36.4 Å². The molecule has 0 radical (unpaired) electrons. The van der Waals surface area contributed by atoms with Gasteiger partial charge in [0, 0.05) is 12.6 Å². The molecule has 0 saturated heterocycles. The second kappa shape index (κ2) is 6.93. The lowest BCUT2D eigenvalue weighted by Crippen LogP contribution is -2.41. The number of fused-ring (bicyclic) bond motifs is 1. The molecule has 1 aliphatic rings. The van der Waals surface area contributed by atoms with Crippen molar-refractivity contribution in [3.8, 4) is 5.75 Å². The number of amides is 1. The van der Waals surface area contributed by atoms with Crippen molar-refractivity contribution in [1.82, 2.24) is 10.2 Å². The smallest absolute Gasteiger partial charge is 0.243 e. The molecule has 1 amide bonds. The number of rotatable bonds is 5. The highest BCUT2D eigenvalue weighted by atomic mass is 32.2. The number of nitrogens with one attached hydrogen (secondary N) is 1. The minimum absolute atomic E-state index is 0.133. The molecule has 1 atom stereocenters. The Morgan fingerprint density at radius 3 is 2.86 bits per heavy atom. The van der Waals surface area contributed by atoms with Crippen LogP contribution >= 0.6 is 0 Å². The molecule has 1 N–H and O–H groups in total. The highest BCUT2D eigenvalue weighted by Crippen LogP contribution is 2.30. The highest BCUT2D eigenvalue weighted by molar-refractivity contribution is 7.91. The van der Waals surface area contributed by atoms with Crippen LogP contribution in [-0.2, 0) is 14.6 Å². The van der Waals surface area contributed by atoms with E-state index in [1.54, 1.807) is 24.3 Å². The van der Waals surface area contributed by atoms with Crippen molar-refractivity contribution in [3.63, 3.8) is 0 Å². The monoisotopic (exact) mass is 324 g/mol. The van der Waals surface area contributed by atoms with Crippen LogP contribution in [0, 0.1) is 0 Å². The first-order chi connectivity index (χ1) is 10.4. The Balaban J connectivity index is 1.93. The molecule has 1 unspecified atom stereocenters. The number of carbonyl (C=O) groups is 1. The Hall–Kier alpha value is -1.86. The zero-order valence-corrected chi connectivity index (χ0v) is 13.5. The maximum absolute atomic E-state index is 12.2. The van der Waals surface area contributed by atoms with E-state index in [4.69, 9.17) is 4.74 Å². The van der Waals surface area contributed by atoms with E-state index in [2.05, 4.69) is 5.32 Å². The first kappa shape index (κ1) is 16.5. The van der Waals surface area contributed by atoms with Crippen LogP contribution in [0.25, 0.3) is 0 Å². The summed E-state index contributed by atoms with van der Waals surface area (Å²) in [4.78, 5) is 13.8. The summed E-state index contributed by atoms with van der Waals surface area (Å²) in [5.74, 6) is -0.0519. The molecule has 22 heavy (non-hydrogen) atoms. The predicted molar refractivity (Wildman–Crippen MR) is 83.6 cm³/mol. The molecule has 0 aliphatic carbocycles. The van der Waals surface area contributed by atoms with Crippen LogP contribution in [0.1, 0.15) is 0 Å². The maximum Gasteiger partial charge on any atom is 0.243 e. The van der Waals surface area contributed by atoms with Crippen LogP contribution in [-0.4, -0.2) is 58.3 Å². The second-order valence-corrected chi connectivity index (χ2v) is 7.38. The van der Waals surface area contributed by atoms with Gasteiger partial charge in [0.2, 0.25) is 5.91 Å². The molecule has 120 valence electrons. The van der Waals surface area contributed by atoms with Gasteiger partial charge in [-0.15, -0.1) is 0 Å². The molecule has 0 aromatic heterocycles. The van der Waals surface area contributed by atoms with E-state index in [0.29, 0.717) is 12.3 Å². The number of likely N-dealkylation sites (N-methyl/N-ethyl adjacent to an activating group) is 1. The van der Waals surface area contributed by atoms with Crippen LogP contribution in [0.3, 0.4) is 0 Å². The molecule has 0 bridgehead atoms. The third kappa shape index (κ3) is 4.32. The SMILES string of the molecule is CN(C)C/C=C/C(=O)NCC1CS(=O)(=O)c2ccccc2O1. The van der Waals surface area contributed by atoms with E-state index < -0.39 is 15.9 Å². The van der Waals surface area contributed by atoms with Gasteiger partial charge < -0.3 is 15.0 Å². The molecule has 0 fully saturated rings. The van der Waals surface area contributed by atoms with Crippen LogP contribution in [0.5, 0.6) is 5.75 Å². The van der Waals surface area contributed by atoms with Gasteiger partial charge in [-0.25, -0.2) is 8.42 Å². The number of nitrogens with zero attached hydrogens (tertiary/aromatic N) is 1. The number of sulfone groups is 1. The van der Waals surface area contributed by atoms with Gasteiger partial charge in [-0.1, -0.05) is 18.2 Å². The summed E-state index contributed by atoms with van der Waals surface area (Å²) >= 11 is 0. The minimum atomic E-state index is -3.37. The standard InChI is InChI=1S/C15H20N2O4S/c1-17(2)9-5-8-15(18)16-10-12-11-22(19,20)14-7-4-3-6-13(14)21-12/h3-8,12H,9-11H2,1-2H3,(H,16,18)/b8-5+. The van der Waals surface area contributed by atoms with Gasteiger partial charge in [-0.2, -0.15) is 0 Å². The van der Waals surface area contributed by atoms with Gasteiger partial charge in [-0.05, 0) is 26.2 Å². The Morgan fingerprint density at radius 2 is 2.14 bits per heavy atom. The normalized spacial score (nSPS) is 19.7. The molecule has 6 nitrogen and oxygen atoms in total. The molecular formula is C15H20N2O4S. The third-order valence-electron chi connectivity index (χ3n) is 3.13. The van der Waals surface area contributed by atoms with Gasteiger partial charge in [0.05, 0.1) is 12.3 Å². The van der Waals surface area contributed by atoms with E-state index in [1.807, 2.05) is 19.0 Å². The van der Waals surface area contributed by atoms with Crippen LogP contribution in [0.2, 0.25) is 0 Å². The highest BCUT2D eigenvalue weighted by Gasteiger charge is 2.31. The van der Waals surface area contributed by atoms with Gasteiger partial charge in [0.1, 0.15) is 16.7 Å². The first-order valence-electron chi connectivity index (χ1n) is 6.96. The van der Waals surface area contributed by atoms with Crippen LogP contribution in [0.15, 0.2) is 41.3 Å². The zero-order valence-electron chi connectivity index (χ0n) is 12.7. The molecule has 7 heteroatoms. The Bertz CT molecular complexity index is 668. The summed E-state index contributed by atoms with van der Waals surface area (Å²) < 4.78 is 30.0. The van der Waals surface area contributed by atoms with Gasteiger partial charge in [0.25, 0.3) is 0 Å². The predicted octanol–water partition coefficient (Wildman–Crippen LogP) is 0.455. The molecule has 1 heterocycles. The summed E-state index contributed by atoms with van der Waals surface area (Å²) in [5, 5.41) is 2.66. The Morgan fingerprint density at radius 1 is 1.41 bits per heavy atom. The van der Waals surface area contributed by atoms with E-state index >= 15 is 0 Å². The van der Waals surface area contributed by atoms with E-state index in [-0.39, 0.29) is 23.1 Å². The largest absolute Gasteiger partial charge is 0.486 e.